The lowest BCUT2D eigenvalue weighted by Crippen LogP contribution is -1.90. The molecule has 1 aromatic heterocycles. The predicted octanol–water partition coefficient (Wildman–Crippen LogP) is 2.27. The van der Waals surface area contributed by atoms with Gasteiger partial charge in [-0.1, -0.05) is 0 Å². The molecular formula is C11H12FN3. The minimum atomic E-state index is -0.241. The molecule has 0 aliphatic heterocycles. The fourth-order valence-electron chi connectivity index (χ4n) is 1.47. The van der Waals surface area contributed by atoms with Gasteiger partial charge in [0.05, 0.1) is 6.20 Å². The van der Waals surface area contributed by atoms with E-state index >= 15 is 0 Å². The Morgan fingerprint density at radius 3 is 2.73 bits per heavy atom. The summed E-state index contributed by atoms with van der Waals surface area (Å²) in [6, 6.07) is 5.06. The van der Waals surface area contributed by atoms with E-state index in [4.69, 9.17) is 0 Å². The Morgan fingerprint density at radius 1 is 1.40 bits per heavy atom. The molecule has 78 valence electrons. The van der Waals surface area contributed by atoms with Crippen LogP contribution in [0.15, 0.2) is 30.6 Å². The zero-order valence-electron chi connectivity index (χ0n) is 8.66. The second kappa shape index (κ2) is 3.73. The zero-order chi connectivity index (χ0) is 10.8. The number of benzene rings is 1. The highest BCUT2D eigenvalue weighted by atomic mass is 19.1. The van der Waals surface area contributed by atoms with E-state index in [1.807, 2.05) is 13.1 Å². The number of aryl methyl sites for hydroxylation is 1. The first kappa shape index (κ1) is 9.71. The van der Waals surface area contributed by atoms with Crippen molar-refractivity contribution >= 4 is 5.69 Å². The lowest BCUT2D eigenvalue weighted by Gasteiger charge is -2.03. The molecule has 0 aliphatic rings. The molecule has 0 unspecified atom stereocenters. The number of nitrogens with zero attached hydrogens (tertiary/aromatic N) is 2. The van der Waals surface area contributed by atoms with Crippen molar-refractivity contribution < 1.29 is 4.39 Å². The zero-order valence-corrected chi connectivity index (χ0v) is 8.66. The van der Waals surface area contributed by atoms with Gasteiger partial charge in [0.15, 0.2) is 0 Å². The van der Waals surface area contributed by atoms with E-state index < -0.39 is 0 Å². The predicted molar refractivity (Wildman–Crippen MR) is 58.1 cm³/mol. The van der Waals surface area contributed by atoms with Gasteiger partial charge in [0.1, 0.15) is 5.82 Å². The summed E-state index contributed by atoms with van der Waals surface area (Å²) in [6.07, 6.45) is 3.44. The molecule has 0 amide bonds. The molecule has 3 nitrogen and oxygen atoms in total. The Labute approximate surface area is 87.5 Å². The van der Waals surface area contributed by atoms with E-state index in [1.54, 1.807) is 30.2 Å². The highest BCUT2D eigenvalue weighted by Crippen LogP contribution is 2.24. The Kier molecular flexibility index (Phi) is 2.41. The normalized spacial score (nSPS) is 10.3. The minimum Gasteiger partial charge on any atom is -0.388 e. The fourth-order valence-corrected chi connectivity index (χ4v) is 1.47. The lowest BCUT2D eigenvalue weighted by atomic mass is 10.1. The molecule has 0 spiro atoms. The van der Waals surface area contributed by atoms with Crippen molar-refractivity contribution in [3.05, 3.63) is 36.4 Å². The van der Waals surface area contributed by atoms with Gasteiger partial charge in [-0.15, -0.1) is 0 Å². The van der Waals surface area contributed by atoms with Crippen molar-refractivity contribution in [2.75, 3.05) is 12.4 Å². The summed E-state index contributed by atoms with van der Waals surface area (Å²) in [5, 5.41) is 6.90. The third-order valence-corrected chi connectivity index (χ3v) is 2.27. The molecule has 0 saturated heterocycles. The molecule has 2 aromatic rings. The maximum Gasteiger partial charge on any atom is 0.133 e. The van der Waals surface area contributed by atoms with Crippen molar-refractivity contribution in [1.82, 2.24) is 9.78 Å². The van der Waals surface area contributed by atoms with Gasteiger partial charge in [-0.3, -0.25) is 4.68 Å². The number of rotatable bonds is 2. The first-order valence-corrected chi connectivity index (χ1v) is 4.67. The van der Waals surface area contributed by atoms with E-state index in [0.717, 1.165) is 11.3 Å². The van der Waals surface area contributed by atoms with E-state index in [0.29, 0.717) is 5.56 Å². The lowest BCUT2D eigenvalue weighted by molar-refractivity contribution is 0.632. The summed E-state index contributed by atoms with van der Waals surface area (Å²) in [6.45, 7) is 0. The Hall–Kier alpha value is -1.84. The second-order valence-corrected chi connectivity index (χ2v) is 3.35. The standard InChI is InChI=1S/C11H12FN3/c1-13-9-3-4-10(11(12)5-9)8-6-14-15(2)7-8/h3-7,13H,1-2H3. The minimum absolute atomic E-state index is 0.241. The molecule has 0 fully saturated rings. The van der Waals surface area contributed by atoms with Crippen molar-refractivity contribution in [2.45, 2.75) is 0 Å². The van der Waals surface area contributed by atoms with E-state index in [1.165, 1.54) is 6.07 Å². The molecule has 4 heteroatoms. The third-order valence-electron chi connectivity index (χ3n) is 2.27. The maximum atomic E-state index is 13.7. The molecule has 0 saturated carbocycles. The number of hydrogen-bond acceptors (Lipinski definition) is 2. The Bertz CT molecular complexity index is 476. The summed E-state index contributed by atoms with van der Waals surface area (Å²) in [7, 11) is 3.57. The summed E-state index contributed by atoms with van der Waals surface area (Å²) in [4.78, 5) is 0. The quantitative estimate of drug-likeness (QED) is 0.815. The first-order valence-electron chi connectivity index (χ1n) is 4.67. The van der Waals surface area contributed by atoms with Crippen LogP contribution in [0.25, 0.3) is 11.1 Å². The SMILES string of the molecule is CNc1ccc(-c2cnn(C)c2)c(F)c1. The van der Waals surface area contributed by atoms with Crippen LogP contribution in [0.5, 0.6) is 0 Å². The summed E-state index contributed by atoms with van der Waals surface area (Å²) < 4.78 is 15.3. The Balaban J connectivity index is 2.45. The molecule has 2 rings (SSSR count). The molecule has 15 heavy (non-hydrogen) atoms. The van der Waals surface area contributed by atoms with Gasteiger partial charge >= 0.3 is 0 Å². The van der Waals surface area contributed by atoms with Gasteiger partial charge in [0.25, 0.3) is 0 Å². The van der Waals surface area contributed by atoms with Crippen LogP contribution >= 0.6 is 0 Å². The van der Waals surface area contributed by atoms with Crippen LogP contribution in [-0.2, 0) is 7.05 Å². The van der Waals surface area contributed by atoms with Crippen LogP contribution < -0.4 is 5.32 Å². The van der Waals surface area contributed by atoms with E-state index in [-0.39, 0.29) is 5.82 Å². The van der Waals surface area contributed by atoms with Gasteiger partial charge < -0.3 is 5.32 Å². The molecule has 0 bridgehead atoms. The van der Waals surface area contributed by atoms with Crippen LogP contribution in [0.1, 0.15) is 0 Å². The van der Waals surface area contributed by atoms with Crippen molar-refractivity contribution in [1.29, 1.82) is 0 Å². The molecule has 0 aliphatic carbocycles. The van der Waals surface area contributed by atoms with Crippen molar-refractivity contribution in [3.63, 3.8) is 0 Å². The molecule has 0 atom stereocenters. The van der Waals surface area contributed by atoms with Crippen LogP contribution in [0.3, 0.4) is 0 Å². The second-order valence-electron chi connectivity index (χ2n) is 3.35. The van der Waals surface area contributed by atoms with Crippen LogP contribution in [0.4, 0.5) is 10.1 Å². The summed E-state index contributed by atoms with van der Waals surface area (Å²) >= 11 is 0. The van der Waals surface area contributed by atoms with Crippen molar-refractivity contribution in [2.24, 2.45) is 7.05 Å². The van der Waals surface area contributed by atoms with Crippen LogP contribution in [0, 0.1) is 5.82 Å². The number of aromatic nitrogens is 2. The van der Waals surface area contributed by atoms with Crippen LogP contribution in [0.2, 0.25) is 0 Å². The van der Waals surface area contributed by atoms with E-state index in [2.05, 4.69) is 10.4 Å². The molecule has 1 heterocycles. The van der Waals surface area contributed by atoms with Gasteiger partial charge in [-0.05, 0) is 18.2 Å². The van der Waals surface area contributed by atoms with Gasteiger partial charge in [-0.25, -0.2) is 4.39 Å². The van der Waals surface area contributed by atoms with Gasteiger partial charge in [0, 0.05) is 37.1 Å². The number of anilines is 1. The molecule has 1 aromatic carbocycles. The van der Waals surface area contributed by atoms with E-state index in [9.17, 15) is 4.39 Å². The topological polar surface area (TPSA) is 29.9 Å². The monoisotopic (exact) mass is 205 g/mol. The number of nitrogens with one attached hydrogen (secondary N) is 1. The summed E-state index contributed by atoms with van der Waals surface area (Å²) in [5.41, 5.74) is 2.12. The highest BCUT2D eigenvalue weighted by molar-refractivity contribution is 5.65. The smallest absolute Gasteiger partial charge is 0.133 e. The number of hydrogen-bond donors (Lipinski definition) is 1. The van der Waals surface area contributed by atoms with Gasteiger partial charge in [0.2, 0.25) is 0 Å². The largest absolute Gasteiger partial charge is 0.388 e. The van der Waals surface area contributed by atoms with Gasteiger partial charge in [-0.2, -0.15) is 5.10 Å². The molecule has 0 radical (unpaired) electrons. The number of halogens is 1. The first-order chi connectivity index (χ1) is 7.20. The molecule has 1 N–H and O–H groups in total. The maximum absolute atomic E-state index is 13.7. The average Bonchev–Trinajstić information content (AvgIpc) is 2.64. The van der Waals surface area contributed by atoms with Crippen molar-refractivity contribution in [3.8, 4) is 11.1 Å². The molecular weight excluding hydrogens is 193 g/mol. The summed E-state index contributed by atoms with van der Waals surface area (Å²) in [5.74, 6) is -0.241. The van der Waals surface area contributed by atoms with Crippen LogP contribution in [-0.4, -0.2) is 16.8 Å². The highest BCUT2D eigenvalue weighted by Gasteiger charge is 2.07. The third kappa shape index (κ3) is 1.83. The Morgan fingerprint density at radius 2 is 2.20 bits per heavy atom. The average molecular weight is 205 g/mol. The fraction of sp³-hybridized carbons (Fsp3) is 0.182.